The standard InChI is InChI=1S/C27H25N5OS/c1-33-25-11-6-5-10-24(25)26-29-30-27(31(26)19-16-21-8-3-2-4-9-21)34-20-22-12-14-23(15-13-22)32-18-7-17-28-32/h2-15,17-18H,16,19-20H2,1H3. The van der Waals surface area contributed by atoms with Crippen LogP contribution in [0.15, 0.2) is 102 Å². The third-order valence-corrected chi connectivity index (χ3v) is 6.64. The Hall–Kier alpha value is -3.84. The van der Waals surface area contributed by atoms with Crippen LogP contribution in [0, 0.1) is 0 Å². The second-order valence-corrected chi connectivity index (χ2v) is 8.74. The molecule has 0 fully saturated rings. The van der Waals surface area contributed by atoms with Gasteiger partial charge in [0.15, 0.2) is 11.0 Å². The molecule has 2 heterocycles. The number of hydrogen-bond donors (Lipinski definition) is 0. The summed E-state index contributed by atoms with van der Waals surface area (Å²) in [5, 5.41) is 14.3. The van der Waals surface area contributed by atoms with E-state index in [2.05, 4.69) is 68.4 Å². The zero-order valence-electron chi connectivity index (χ0n) is 18.9. The molecule has 0 amide bonds. The number of para-hydroxylation sites is 1. The maximum atomic E-state index is 5.60. The average molecular weight is 468 g/mol. The first-order valence-corrected chi connectivity index (χ1v) is 12.1. The molecular formula is C27H25N5OS. The van der Waals surface area contributed by atoms with Gasteiger partial charge in [0.05, 0.1) is 18.4 Å². The lowest BCUT2D eigenvalue weighted by atomic mass is 10.1. The van der Waals surface area contributed by atoms with Crippen LogP contribution in [0.4, 0.5) is 0 Å². The molecule has 0 unspecified atom stereocenters. The van der Waals surface area contributed by atoms with Crippen molar-refractivity contribution in [3.05, 3.63) is 108 Å². The third-order valence-electron chi connectivity index (χ3n) is 5.60. The van der Waals surface area contributed by atoms with Gasteiger partial charge in [-0.1, -0.05) is 66.4 Å². The third kappa shape index (κ3) is 4.89. The second kappa shape index (κ2) is 10.4. The molecule has 5 aromatic rings. The summed E-state index contributed by atoms with van der Waals surface area (Å²) in [4.78, 5) is 0. The fourth-order valence-corrected chi connectivity index (χ4v) is 4.75. The molecule has 2 aromatic heterocycles. The zero-order chi connectivity index (χ0) is 23.2. The van der Waals surface area contributed by atoms with Gasteiger partial charge < -0.3 is 9.30 Å². The lowest BCUT2D eigenvalue weighted by Gasteiger charge is -2.12. The van der Waals surface area contributed by atoms with E-state index in [-0.39, 0.29) is 0 Å². The minimum absolute atomic E-state index is 0.783. The van der Waals surface area contributed by atoms with Gasteiger partial charge in [0, 0.05) is 24.7 Å². The highest BCUT2D eigenvalue weighted by Gasteiger charge is 2.17. The van der Waals surface area contributed by atoms with Crippen LogP contribution >= 0.6 is 11.8 Å². The van der Waals surface area contributed by atoms with Crippen molar-refractivity contribution in [2.45, 2.75) is 23.9 Å². The largest absolute Gasteiger partial charge is 0.496 e. The van der Waals surface area contributed by atoms with Gasteiger partial charge in [0.2, 0.25) is 0 Å². The SMILES string of the molecule is COc1ccccc1-c1nnc(SCc2ccc(-n3cccn3)cc2)n1CCc1ccccc1. The molecule has 0 saturated heterocycles. The van der Waals surface area contributed by atoms with Crippen LogP contribution in [0.3, 0.4) is 0 Å². The summed E-state index contributed by atoms with van der Waals surface area (Å²) in [5.41, 5.74) is 4.49. The molecule has 3 aromatic carbocycles. The van der Waals surface area contributed by atoms with E-state index in [9.17, 15) is 0 Å². The molecule has 7 heteroatoms. The molecule has 6 nitrogen and oxygen atoms in total. The van der Waals surface area contributed by atoms with Crippen LogP contribution in [0.5, 0.6) is 5.75 Å². The Kier molecular flexibility index (Phi) is 6.72. The zero-order valence-corrected chi connectivity index (χ0v) is 19.7. The topological polar surface area (TPSA) is 57.8 Å². The molecular weight excluding hydrogens is 442 g/mol. The normalized spacial score (nSPS) is 11.0. The van der Waals surface area contributed by atoms with Gasteiger partial charge >= 0.3 is 0 Å². The van der Waals surface area contributed by atoms with Gasteiger partial charge in [-0.15, -0.1) is 10.2 Å². The molecule has 0 aliphatic carbocycles. The van der Waals surface area contributed by atoms with Gasteiger partial charge in [-0.25, -0.2) is 4.68 Å². The Morgan fingerprint density at radius 1 is 0.824 bits per heavy atom. The van der Waals surface area contributed by atoms with Gasteiger partial charge in [-0.05, 0) is 47.9 Å². The number of aromatic nitrogens is 5. The molecule has 0 radical (unpaired) electrons. The highest BCUT2D eigenvalue weighted by molar-refractivity contribution is 7.98. The fraction of sp³-hybridized carbons (Fsp3) is 0.148. The Morgan fingerprint density at radius 2 is 1.62 bits per heavy atom. The lowest BCUT2D eigenvalue weighted by molar-refractivity contribution is 0.415. The predicted molar refractivity (Wildman–Crippen MR) is 135 cm³/mol. The van der Waals surface area contributed by atoms with E-state index in [0.717, 1.165) is 46.7 Å². The van der Waals surface area contributed by atoms with Gasteiger partial charge in [-0.2, -0.15) is 5.10 Å². The summed E-state index contributed by atoms with van der Waals surface area (Å²) < 4.78 is 9.66. The minimum Gasteiger partial charge on any atom is -0.496 e. The summed E-state index contributed by atoms with van der Waals surface area (Å²) in [6, 6.07) is 28.8. The van der Waals surface area contributed by atoms with Crippen molar-refractivity contribution >= 4 is 11.8 Å². The molecule has 0 aliphatic rings. The number of aryl methyl sites for hydroxylation is 1. The van der Waals surface area contributed by atoms with Crippen molar-refractivity contribution in [1.82, 2.24) is 24.5 Å². The number of thioether (sulfide) groups is 1. The number of rotatable bonds is 9. The molecule has 0 aliphatic heterocycles. The Balaban J connectivity index is 1.39. The number of ether oxygens (including phenoxy) is 1. The average Bonchev–Trinajstić information content (AvgIpc) is 3.57. The van der Waals surface area contributed by atoms with E-state index in [1.165, 1.54) is 11.1 Å². The van der Waals surface area contributed by atoms with E-state index in [0.29, 0.717) is 0 Å². The monoisotopic (exact) mass is 467 g/mol. The summed E-state index contributed by atoms with van der Waals surface area (Å²) in [6.45, 7) is 0.783. The Labute approximate surface area is 203 Å². The number of nitrogens with zero attached hydrogens (tertiary/aromatic N) is 5. The molecule has 0 spiro atoms. The van der Waals surface area contributed by atoms with E-state index >= 15 is 0 Å². The molecule has 0 bridgehead atoms. The first kappa shape index (κ1) is 22.0. The summed E-state index contributed by atoms with van der Waals surface area (Å²) in [7, 11) is 1.69. The second-order valence-electron chi connectivity index (χ2n) is 7.80. The Bertz CT molecular complexity index is 1330. The van der Waals surface area contributed by atoms with Crippen LogP contribution in [-0.4, -0.2) is 31.7 Å². The fourth-order valence-electron chi connectivity index (χ4n) is 3.83. The molecule has 0 N–H and O–H groups in total. The molecule has 0 atom stereocenters. The van der Waals surface area contributed by atoms with E-state index < -0.39 is 0 Å². The quantitative estimate of drug-likeness (QED) is 0.261. The highest BCUT2D eigenvalue weighted by Crippen LogP contribution is 2.32. The van der Waals surface area contributed by atoms with E-state index in [1.54, 1.807) is 25.1 Å². The van der Waals surface area contributed by atoms with Gasteiger partial charge in [0.25, 0.3) is 0 Å². The first-order chi connectivity index (χ1) is 16.8. The maximum absolute atomic E-state index is 5.60. The summed E-state index contributed by atoms with van der Waals surface area (Å²) in [6.07, 6.45) is 4.62. The predicted octanol–water partition coefficient (Wildman–Crippen LogP) is 5.67. The van der Waals surface area contributed by atoms with Crippen LogP contribution in [-0.2, 0) is 18.7 Å². The molecule has 170 valence electrons. The number of methoxy groups -OCH3 is 1. The van der Waals surface area contributed by atoms with E-state index in [4.69, 9.17) is 4.74 Å². The lowest BCUT2D eigenvalue weighted by Crippen LogP contribution is -2.06. The van der Waals surface area contributed by atoms with E-state index in [1.807, 2.05) is 47.3 Å². The van der Waals surface area contributed by atoms with Crippen molar-refractivity contribution < 1.29 is 4.74 Å². The molecule has 0 saturated carbocycles. The number of hydrogen-bond acceptors (Lipinski definition) is 5. The van der Waals surface area contributed by atoms with Crippen molar-refractivity contribution in [1.29, 1.82) is 0 Å². The van der Waals surface area contributed by atoms with Crippen LogP contribution < -0.4 is 4.74 Å². The smallest absolute Gasteiger partial charge is 0.191 e. The van der Waals surface area contributed by atoms with Gasteiger partial charge in [0.1, 0.15) is 5.75 Å². The number of benzene rings is 3. The van der Waals surface area contributed by atoms with Crippen LogP contribution in [0.2, 0.25) is 0 Å². The molecule has 5 rings (SSSR count). The van der Waals surface area contributed by atoms with Gasteiger partial charge in [-0.3, -0.25) is 0 Å². The Morgan fingerprint density at radius 3 is 2.38 bits per heavy atom. The van der Waals surface area contributed by atoms with Crippen molar-refractivity contribution in [3.63, 3.8) is 0 Å². The first-order valence-electron chi connectivity index (χ1n) is 11.1. The van der Waals surface area contributed by atoms with Crippen LogP contribution in [0.25, 0.3) is 17.1 Å². The maximum Gasteiger partial charge on any atom is 0.191 e. The summed E-state index contributed by atoms with van der Waals surface area (Å²) >= 11 is 1.69. The summed E-state index contributed by atoms with van der Waals surface area (Å²) in [5.74, 6) is 2.42. The van der Waals surface area contributed by atoms with Crippen molar-refractivity contribution in [3.8, 4) is 22.8 Å². The minimum atomic E-state index is 0.783. The molecule has 34 heavy (non-hydrogen) atoms. The van der Waals surface area contributed by atoms with Crippen LogP contribution in [0.1, 0.15) is 11.1 Å². The van der Waals surface area contributed by atoms with Crippen molar-refractivity contribution in [2.75, 3.05) is 7.11 Å². The van der Waals surface area contributed by atoms with Crippen molar-refractivity contribution in [2.24, 2.45) is 0 Å². The highest BCUT2D eigenvalue weighted by atomic mass is 32.2.